The lowest BCUT2D eigenvalue weighted by Gasteiger charge is -2.20. The van der Waals surface area contributed by atoms with Gasteiger partial charge in [0.05, 0.1) is 23.1 Å². The molecule has 2 aromatic rings. The van der Waals surface area contributed by atoms with E-state index in [0.717, 1.165) is 41.3 Å². The number of nitrogens with two attached hydrogens (primary N) is 1. The average molecular weight is 230 g/mol. The van der Waals surface area contributed by atoms with Crippen molar-refractivity contribution < 1.29 is 0 Å². The lowest BCUT2D eigenvalue weighted by molar-refractivity contribution is 0.569. The number of nitrogen functional groups attached to an aromatic ring is 1. The van der Waals surface area contributed by atoms with Crippen molar-refractivity contribution in [2.75, 3.05) is 23.7 Å². The summed E-state index contributed by atoms with van der Waals surface area (Å²) < 4.78 is 0. The van der Waals surface area contributed by atoms with Crippen molar-refractivity contribution in [3.8, 4) is 0 Å². The van der Waals surface area contributed by atoms with Gasteiger partial charge in [-0.15, -0.1) is 0 Å². The number of aromatic amines is 1. The Morgan fingerprint density at radius 1 is 1.53 bits per heavy atom. The van der Waals surface area contributed by atoms with Crippen LogP contribution in [0.5, 0.6) is 0 Å². The molecule has 90 valence electrons. The van der Waals surface area contributed by atoms with Gasteiger partial charge in [0.1, 0.15) is 0 Å². The van der Waals surface area contributed by atoms with Crippen LogP contribution >= 0.6 is 0 Å². The van der Waals surface area contributed by atoms with Gasteiger partial charge in [0.15, 0.2) is 0 Å². The zero-order chi connectivity index (χ0) is 11.8. The molecule has 0 saturated carbocycles. The molecule has 4 nitrogen and oxygen atoms in total. The number of aromatic nitrogens is 2. The Morgan fingerprint density at radius 2 is 2.41 bits per heavy atom. The summed E-state index contributed by atoms with van der Waals surface area (Å²) in [4.78, 5) is 2.39. The lowest BCUT2D eigenvalue weighted by Crippen LogP contribution is -2.20. The van der Waals surface area contributed by atoms with E-state index in [1.165, 1.54) is 12.8 Å². The topological polar surface area (TPSA) is 57.9 Å². The van der Waals surface area contributed by atoms with Gasteiger partial charge in [-0.05, 0) is 24.5 Å². The highest BCUT2D eigenvalue weighted by molar-refractivity contribution is 5.89. The highest BCUT2D eigenvalue weighted by Gasteiger charge is 2.22. The fraction of sp³-hybridized carbons (Fsp3) is 0.462. The second-order valence-corrected chi connectivity index (χ2v) is 4.88. The highest BCUT2D eigenvalue weighted by atomic mass is 15.2. The number of anilines is 2. The summed E-state index contributed by atoms with van der Waals surface area (Å²) >= 11 is 0. The molecular formula is C13H18N4. The lowest BCUT2D eigenvalue weighted by atomic mass is 10.1. The van der Waals surface area contributed by atoms with E-state index in [9.17, 15) is 0 Å². The van der Waals surface area contributed by atoms with Crippen molar-refractivity contribution in [3.05, 3.63) is 18.3 Å². The second-order valence-electron chi connectivity index (χ2n) is 4.88. The first-order valence-corrected chi connectivity index (χ1v) is 6.25. The Hall–Kier alpha value is -1.71. The fourth-order valence-corrected chi connectivity index (χ4v) is 2.66. The fourth-order valence-electron chi connectivity index (χ4n) is 2.66. The highest BCUT2D eigenvalue weighted by Crippen LogP contribution is 2.32. The summed E-state index contributed by atoms with van der Waals surface area (Å²) in [6.07, 6.45) is 4.34. The Morgan fingerprint density at radius 3 is 3.18 bits per heavy atom. The average Bonchev–Trinajstić information content (AvgIpc) is 2.94. The van der Waals surface area contributed by atoms with Gasteiger partial charge in [0, 0.05) is 18.5 Å². The Labute approximate surface area is 101 Å². The number of benzene rings is 1. The van der Waals surface area contributed by atoms with E-state index in [0.29, 0.717) is 0 Å². The standard InChI is InChI=1S/C13H18N4/c1-2-9-3-4-17(8-9)13-6-12-10(5-11(13)14)7-15-16-12/h5-7,9H,2-4,8,14H2,1H3,(H,15,16). The van der Waals surface area contributed by atoms with Gasteiger partial charge in [-0.3, -0.25) is 5.10 Å². The second kappa shape index (κ2) is 3.95. The predicted molar refractivity (Wildman–Crippen MR) is 71.1 cm³/mol. The normalized spacial score (nSPS) is 20.3. The number of fused-ring (bicyclic) bond motifs is 1. The number of hydrogen-bond acceptors (Lipinski definition) is 3. The third-order valence-electron chi connectivity index (χ3n) is 3.79. The molecule has 1 unspecified atom stereocenters. The minimum absolute atomic E-state index is 0.812. The maximum Gasteiger partial charge on any atom is 0.0672 e. The van der Waals surface area contributed by atoms with Crippen LogP contribution in [-0.4, -0.2) is 23.3 Å². The van der Waals surface area contributed by atoms with Gasteiger partial charge in [0.2, 0.25) is 0 Å². The molecule has 1 saturated heterocycles. The van der Waals surface area contributed by atoms with Crippen LogP contribution in [-0.2, 0) is 0 Å². The van der Waals surface area contributed by atoms with Gasteiger partial charge in [-0.1, -0.05) is 13.3 Å². The number of nitrogens with one attached hydrogen (secondary N) is 1. The molecule has 17 heavy (non-hydrogen) atoms. The van der Waals surface area contributed by atoms with E-state index in [1.807, 2.05) is 12.3 Å². The van der Waals surface area contributed by atoms with E-state index in [-0.39, 0.29) is 0 Å². The van der Waals surface area contributed by atoms with E-state index < -0.39 is 0 Å². The predicted octanol–water partition coefficient (Wildman–Crippen LogP) is 2.38. The van der Waals surface area contributed by atoms with Crippen LogP contribution in [0.4, 0.5) is 11.4 Å². The van der Waals surface area contributed by atoms with Gasteiger partial charge < -0.3 is 10.6 Å². The van der Waals surface area contributed by atoms with E-state index in [2.05, 4.69) is 28.1 Å². The summed E-state index contributed by atoms with van der Waals surface area (Å²) in [6.45, 7) is 4.50. The molecule has 1 aliphatic rings. The molecule has 1 aromatic carbocycles. The third kappa shape index (κ3) is 1.73. The van der Waals surface area contributed by atoms with Gasteiger partial charge in [0.25, 0.3) is 0 Å². The van der Waals surface area contributed by atoms with Crippen LogP contribution in [0.25, 0.3) is 10.9 Å². The Kier molecular flexibility index (Phi) is 2.42. The number of hydrogen-bond donors (Lipinski definition) is 2. The molecule has 0 radical (unpaired) electrons. The molecule has 0 amide bonds. The maximum atomic E-state index is 6.13. The largest absolute Gasteiger partial charge is 0.397 e. The van der Waals surface area contributed by atoms with Crippen molar-refractivity contribution >= 4 is 22.3 Å². The van der Waals surface area contributed by atoms with Crippen LogP contribution < -0.4 is 10.6 Å². The molecule has 1 aromatic heterocycles. The first kappa shape index (κ1) is 10.4. The Bertz CT molecular complexity index is 531. The van der Waals surface area contributed by atoms with Crippen molar-refractivity contribution in [2.24, 2.45) is 5.92 Å². The smallest absolute Gasteiger partial charge is 0.0672 e. The van der Waals surface area contributed by atoms with Crippen LogP contribution in [0.2, 0.25) is 0 Å². The van der Waals surface area contributed by atoms with E-state index in [1.54, 1.807) is 0 Å². The first-order chi connectivity index (χ1) is 8.28. The summed E-state index contributed by atoms with van der Waals surface area (Å²) in [6, 6.07) is 4.13. The van der Waals surface area contributed by atoms with E-state index >= 15 is 0 Å². The molecule has 2 heterocycles. The summed E-state index contributed by atoms with van der Waals surface area (Å²) in [5, 5.41) is 8.13. The van der Waals surface area contributed by atoms with E-state index in [4.69, 9.17) is 5.73 Å². The molecule has 1 fully saturated rings. The molecule has 0 aliphatic carbocycles. The minimum atomic E-state index is 0.812. The monoisotopic (exact) mass is 230 g/mol. The molecule has 0 spiro atoms. The molecule has 1 aliphatic heterocycles. The zero-order valence-corrected chi connectivity index (χ0v) is 10.1. The molecule has 1 atom stereocenters. The van der Waals surface area contributed by atoms with Gasteiger partial charge >= 0.3 is 0 Å². The minimum Gasteiger partial charge on any atom is -0.397 e. The van der Waals surface area contributed by atoms with Crippen LogP contribution in [0.15, 0.2) is 18.3 Å². The van der Waals surface area contributed by atoms with Crippen molar-refractivity contribution in [1.29, 1.82) is 0 Å². The van der Waals surface area contributed by atoms with Gasteiger partial charge in [-0.2, -0.15) is 5.10 Å². The SMILES string of the molecule is CCC1CCN(c2cc3[nH]ncc3cc2N)C1. The van der Waals surface area contributed by atoms with Crippen LogP contribution in [0.1, 0.15) is 19.8 Å². The maximum absolute atomic E-state index is 6.13. The summed E-state index contributed by atoms with van der Waals surface area (Å²) in [7, 11) is 0. The van der Waals surface area contributed by atoms with Crippen LogP contribution in [0.3, 0.4) is 0 Å². The molecule has 0 bridgehead atoms. The number of H-pyrrole nitrogens is 1. The number of nitrogens with zero attached hydrogens (tertiary/aromatic N) is 2. The third-order valence-corrected chi connectivity index (χ3v) is 3.79. The number of rotatable bonds is 2. The van der Waals surface area contributed by atoms with Crippen molar-refractivity contribution in [3.63, 3.8) is 0 Å². The first-order valence-electron chi connectivity index (χ1n) is 6.25. The molecular weight excluding hydrogens is 212 g/mol. The molecule has 4 heteroatoms. The quantitative estimate of drug-likeness (QED) is 0.779. The summed E-state index contributed by atoms with van der Waals surface area (Å²) in [5.41, 5.74) is 9.20. The Balaban J connectivity index is 1.96. The van der Waals surface area contributed by atoms with Crippen molar-refractivity contribution in [1.82, 2.24) is 10.2 Å². The van der Waals surface area contributed by atoms with Gasteiger partial charge in [-0.25, -0.2) is 0 Å². The van der Waals surface area contributed by atoms with Crippen LogP contribution in [0, 0.1) is 5.92 Å². The van der Waals surface area contributed by atoms with Crippen molar-refractivity contribution in [2.45, 2.75) is 19.8 Å². The molecule has 3 rings (SSSR count). The summed E-state index contributed by atoms with van der Waals surface area (Å²) in [5.74, 6) is 0.812. The zero-order valence-electron chi connectivity index (χ0n) is 10.1. The molecule has 3 N–H and O–H groups in total.